The van der Waals surface area contributed by atoms with Gasteiger partial charge in [0.2, 0.25) is 21.8 Å². The van der Waals surface area contributed by atoms with Gasteiger partial charge in [-0.3, -0.25) is 4.79 Å². The Morgan fingerprint density at radius 2 is 2.25 bits per heavy atom. The Kier molecular flexibility index (Phi) is 4.17. The van der Waals surface area contributed by atoms with Gasteiger partial charge in [-0.15, -0.1) is 0 Å². The number of sulfonamides is 1. The number of anilines is 1. The predicted octanol–water partition coefficient (Wildman–Crippen LogP) is 0.385. The molecule has 1 amide bonds. The van der Waals surface area contributed by atoms with Crippen LogP contribution in [0.5, 0.6) is 5.88 Å². The number of primary sulfonamides is 1. The Labute approximate surface area is 121 Å². The summed E-state index contributed by atoms with van der Waals surface area (Å²) >= 11 is 6.01. The summed E-state index contributed by atoms with van der Waals surface area (Å²) in [7, 11) is -2.15. The zero-order valence-corrected chi connectivity index (χ0v) is 12.3. The number of methoxy groups -OCH3 is 1. The molecule has 0 aromatic carbocycles. The van der Waals surface area contributed by atoms with Crippen LogP contribution in [0.4, 0.5) is 5.69 Å². The monoisotopic (exact) mass is 319 g/mol. The highest BCUT2D eigenvalue weighted by Gasteiger charge is 2.34. The van der Waals surface area contributed by atoms with Crippen LogP contribution in [-0.2, 0) is 14.8 Å². The molecule has 0 bridgehead atoms. The molecule has 0 radical (unpaired) electrons. The van der Waals surface area contributed by atoms with Gasteiger partial charge in [-0.1, -0.05) is 11.6 Å². The second-order valence-corrected chi connectivity index (χ2v) is 6.58. The van der Waals surface area contributed by atoms with Crippen molar-refractivity contribution in [1.82, 2.24) is 4.98 Å². The lowest BCUT2D eigenvalue weighted by molar-refractivity contribution is -0.117. The number of nitrogens with zero attached hydrogens (tertiary/aromatic N) is 2. The highest BCUT2D eigenvalue weighted by atomic mass is 35.5. The molecule has 0 saturated carbocycles. The second-order valence-electron chi connectivity index (χ2n) is 4.57. The van der Waals surface area contributed by atoms with Crippen LogP contribution in [0.25, 0.3) is 0 Å². The van der Waals surface area contributed by atoms with Crippen LogP contribution in [-0.4, -0.2) is 38.7 Å². The number of ether oxygens (including phenoxy) is 1. The molecule has 9 heteroatoms. The van der Waals surface area contributed by atoms with E-state index in [1.807, 2.05) is 0 Å². The van der Waals surface area contributed by atoms with Gasteiger partial charge in [-0.25, -0.2) is 13.6 Å². The third-order valence-corrected chi connectivity index (χ3v) is 4.19. The van der Waals surface area contributed by atoms with E-state index in [1.165, 1.54) is 12.0 Å². The molecule has 1 saturated heterocycles. The Balaban J connectivity index is 2.20. The van der Waals surface area contributed by atoms with Crippen molar-refractivity contribution in [1.29, 1.82) is 0 Å². The lowest BCUT2D eigenvalue weighted by Crippen LogP contribution is -2.27. The van der Waals surface area contributed by atoms with Gasteiger partial charge in [-0.2, -0.15) is 4.98 Å². The first kappa shape index (κ1) is 15.0. The number of aromatic nitrogens is 1. The average Bonchev–Trinajstić information content (AvgIpc) is 2.67. The van der Waals surface area contributed by atoms with Crippen LogP contribution in [0.2, 0.25) is 5.15 Å². The van der Waals surface area contributed by atoms with Crippen molar-refractivity contribution in [2.24, 2.45) is 11.1 Å². The molecule has 0 spiro atoms. The molecule has 1 atom stereocenters. The van der Waals surface area contributed by atoms with Gasteiger partial charge >= 0.3 is 0 Å². The summed E-state index contributed by atoms with van der Waals surface area (Å²) in [6, 6.07) is 3.20. The Morgan fingerprint density at radius 1 is 1.55 bits per heavy atom. The normalized spacial score (nSPS) is 19.4. The zero-order chi connectivity index (χ0) is 14.9. The molecule has 2 N–H and O–H groups in total. The Morgan fingerprint density at radius 3 is 2.80 bits per heavy atom. The zero-order valence-electron chi connectivity index (χ0n) is 10.7. The second kappa shape index (κ2) is 5.55. The summed E-state index contributed by atoms with van der Waals surface area (Å²) in [6.07, 6.45) is 0.124. The van der Waals surface area contributed by atoms with Gasteiger partial charge in [0.25, 0.3) is 0 Å². The van der Waals surface area contributed by atoms with E-state index in [9.17, 15) is 13.2 Å². The number of carbonyl (C=O) groups excluding carboxylic acids is 1. The molecule has 2 rings (SSSR count). The fraction of sp³-hybridized carbons (Fsp3) is 0.455. The topological polar surface area (TPSA) is 103 Å². The van der Waals surface area contributed by atoms with E-state index in [0.29, 0.717) is 11.6 Å². The predicted molar refractivity (Wildman–Crippen MR) is 74.2 cm³/mol. The first-order chi connectivity index (χ1) is 9.30. The standard InChI is InChI=1S/C11H14ClN3O4S/c1-19-9-3-2-8(11(12)14-9)15-5-7(4-10(15)16)6-20(13,17)18/h2-3,7H,4-6H2,1H3,(H2,13,17,18). The lowest BCUT2D eigenvalue weighted by Gasteiger charge is -2.17. The summed E-state index contributed by atoms with van der Waals surface area (Å²) < 4.78 is 27.1. The van der Waals surface area contributed by atoms with Crippen molar-refractivity contribution in [2.45, 2.75) is 6.42 Å². The first-order valence-electron chi connectivity index (χ1n) is 5.81. The fourth-order valence-electron chi connectivity index (χ4n) is 2.18. The van der Waals surface area contributed by atoms with Gasteiger partial charge in [0.1, 0.15) is 0 Å². The first-order valence-corrected chi connectivity index (χ1v) is 7.91. The Hall–Kier alpha value is -1.38. The van der Waals surface area contributed by atoms with Crippen molar-refractivity contribution in [3.05, 3.63) is 17.3 Å². The van der Waals surface area contributed by atoms with Crippen LogP contribution < -0.4 is 14.8 Å². The van der Waals surface area contributed by atoms with Crippen molar-refractivity contribution in [3.63, 3.8) is 0 Å². The van der Waals surface area contributed by atoms with Crippen LogP contribution in [0.1, 0.15) is 6.42 Å². The smallest absolute Gasteiger partial charge is 0.227 e. The van der Waals surface area contributed by atoms with Crippen LogP contribution in [0, 0.1) is 5.92 Å². The fourth-order valence-corrected chi connectivity index (χ4v) is 3.31. The minimum absolute atomic E-state index is 0.124. The van der Waals surface area contributed by atoms with Crippen LogP contribution in [0.15, 0.2) is 12.1 Å². The molecule has 1 unspecified atom stereocenters. The number of nitrogens with two attached hydrogens (primary N) is 1. The van der Waals surface area contributed by atoms with Gasteiger partial charge in [0.05, 0.1) is 18.6 Å². The van der Waals surface area contributed by atoms with E-state index in [1.54, 1.807) is 12.1 Å². The lowest BCUT2D eigenvalue weighted by atomic mass is 10.1. The molecule has 2 heterocycles. The molecule has 1 aliphatic heterocycles. The third-order valence-electron chi connectivity index (χ3n) is 2.98. The number of carbonyl (C=O) groups is 1. The molecule has 1 aliphatic rings. The number of pyridine rings is 1. The molecule has 20 heavy (non-hydrogen) atoms. The van der Waals surface area contributed by atoms with Crippen molar-refractivity contribution in [3.8, 4) is 5.88 Å². The van der Waals surface area contributed by atoms with Crippen molar-refractivity contribution < 1.29 is 17.9 Å². The van der Waals surface area contributed by atoms with Gasteiger partial charge in [0.15, 0.2) is 5.15 Å². The van der Waals surface area contributed by atoms with Gasteiger partial charge < -0.3 is 9.64 Å². The molecular weight excluding hydrogens is 306 g/mol. The van der Waals surface area contributed by atoms with E-state index in [0.717, 1.165) is 0 Å². The molecule has 0 aliphatic carbocycles. The summed E-state index contributed by atoms with van der Waals surface area (Å²) in [5.41, 5.74) is 0.439. The maximum Gasteiger partial charge on any atom is 0.227 e. The SMILES string of the molecule is COc1ccc(N2CC(CS(N)(=O)=O)CC2=O)c(Cl)n1. The highest BCUT2D eigenvalue weighted by molar-refractivity contribution is 7.89. The summed E-state index contributed by atoms with van der Waals surface area (Å²) in [5, 5.41) is 5.13. The summed E-state index contributed by atoms with van der Waals surface area (Å²) in [5.74, 6) is -0.425. The average molecular weight is 320 g/mol. The van der Waals surface area contributed by atoms with E-state index in [4.69, 9.17) is 21.5 Å². The molecule has 7 nitrogen and oxygen atoms in total. The molecular formula is C11H14ClN3O4S. The van der Waals surface area contributed by atoms with E-state index < -0.39 is 10.0 Å². The maximum absolute atomic E-state index is 12.0. The molecule has 1 fully saturated rings. The van der Waals surface area contributed by atoms with Crippen LogP contribution >= 0.6 is 11.6 Å². The highest BCUT2D eigenvalue weighted by Crippen LogP contribution is 2.31. The minimum Gasteiger partial charge on any atom is -0.481 e. The number of hydrogen-bond donors (Lipinski definition) is 1. The molecule has 1 aromatic rings. The van der Waals surface area contributed by atoms with Crippen molar-refractivity contribution >= 4 is 33.2 Å². The van der Waals surface area contributed by atoms with Gasteiger partial charge in [0, 0.05) is 24.9 Å². The molecule has 1 aromatic heterocycles. The van der Waals surface area contributed by atoms with E-state index in [-0.39, 0.29) is 35.7 Å². The maximum atomic E-state index is 12.0. The summed E-state index contributed by atoms with van der Waals surface area (Å²) in [4.78, 5) is 17.3. The number of amides is 1. The quantitative estimate of drug-likeness (QED) is 0.808. The van der Waals surface area contributed by atoms with Crippen LogP contribution in [0.3, 0.4) is 0 Å². The van der Waals surface area contributed by atoms with Crippen molar-refractivity contribution in [2.75, 3.05) is 24.3 Å². The van der Waals surface area contributed by atoms with Gasteiger partial charge in [-0.05, 0) is 6.07 Å². The number of rotatable bonds is 4. The third kappa shape index (κ3) is 3.38. The number of halogens is 1. The van der Waals surface area contributed by atoms with E-state index in [2.05, 4.69) is 4.98 Å². The Bertz CT molecular complexity index is 635. The number of hydrogen-bond acceptors (Lipinski definition) is 5. The largest absolute Gasteiger partial charge is 0.481 e. The van der Waals surface area contributed by atoms with E-state index >= 15 is 0 Å². The summed E-state index contributed by atoms with van der Waals surface area (Å²) in [6.45, 7) is 0.253. The molecule has 110 valence electrons. The minimum atomic E-state index is -3.60.